The van der Waals surface area contributed by atoms with E-state index in [4.69, 9.17) is 4.42 Å². The zero-order valence-corrected chi connectivity index (χ0v) is 20.2. The van der Waals surface area contributed by atoms with Gasteiger partial charge in [0.25, 0.3) is 5.89 Å². The predicted octanol–water partition coefficient (Wildman–Crippen LogP) is 3.79. The van der Waals surface area contributed by atoms with Gasteiger partial charge in [-0.3, -0.25) is 9.48 Å². The van der Waals surface area contributed by atoms with E-state index >= 15 is 0 Å². The second-order valence-electron chi connectivity index (χ2n) is 9.14. The van der Waals surface area contributed by atoms with Gasteiger partial charge in [0.05, 0.1) is 41.7 Å². The van der Waals surface area contributed by atoms with E-state index in [0.29, 0.717) is 24.6 Å². The third-order valence-electron chi connectivity index (χ3n) is 6.97. The minimum atomic E-state index is -0.484. The first-order valence-electron chi connectivity index (χ1n) is 12.2. The van der Waals surface area contributed by atoms with Gasteiger partial charge >= 0.3 is 11.8 Å². The number of aromatic amines is 1. The number of H-pyrrole nitrogens is 1. The molecule has 1 amide bonds. The number of hydrogen-bond donors (Lipinski definition) is 1. The molecule has 0 unspecified atom stereocenters. The molecule has 1 fully saturated rings. The van der Waals surface area contributed by atoms with Gasteiger partial charge in [-0.2, -0.15) is 10.2 Å². The number of carbonyl (C=O) groups excluding carboxylic acids is 1. The standard InChI is InChI=1S/C25H27N9O2/c1-3-20-16(2)6-5-10-33(20)29-13-21-22-19(26-15-27-22)9-11-32(21)25(35)24-31-30-23(36-24)17-12-28-34(14-17)18-7-4-8-18/h3,5-6,10,12-15,18,21H,4,7-9,11H2,1-2H3,(H,26,27)/b20-3-,29-13+/t21-/m0/s1. The largest absolute Gasteiger partial charge is 0.412 e. The Balaban J connectivity index is 1.26. The number of imidazole rings is 1. The van der Waals surface area contributed by atoms with Crippen LogP contribution in [0.4, 0.5) is 0 Å². The third-order valence-corrected chi connectivity index (χ3v) is 6.97. The number of aromatic nitrogens is 6. The molecule has 184 valence electrons. The smallest absolute Gasteiger partial charge is 0.312 e. The van der Waals surface area contributed by atoms with Gasteiger partial charge in [0.15, 0.2) is 0 Å². The molecule has 0 bridgehead atoms. The van der Waals surface area contributed by atoms with Gasteiger partial charge in [0.2, 0.25) is 0 Å². The first-order valence-corrected chi connectivity index (χ1v) is 12.2. The lowest BCUT2D eigenvalue weighted by atomic mass is 9.93. The monoisotopic (exact) mass is 485 g/mol. The van der Waals surface area contributed by atoms with Crippen LogP contribution >= 0.6 is 0 Å². The van der Waals surface area contributed by atoms with Crippen LogP contribution in [0.5, 0.6) is 0 Å². The molecule has 3 aromatic rings. The fraction of sp³-hybridized carbons (Fsp3) is 0.360. The Morgan fingerprint density at radius 2 is 2.19 bits per heavy atom. The average molecular weight is 486 g/mol. The average Bonchev–Trinajstić information content (AvgIpc) is 3.61. The maximum atomic E-state index is 13.5. The summed E-state index contributed by atoms with van der Waals surface area (Å²) < 4.78 is 7.75. The maximum Gasteiger partial charge on any atom is 0.312 e. The Hall–Kier alpha value is -4.28. The molecule has 1 N–H and O–H groups in total. The van der Waals surface area contributed by atoms with E-state index < -0.39 is 6.04 Å². The number of amides is 1. The molecule has 2 aliphatic heterocycles. The predicted molar refractivity (Wildman–Crippen MR) is 131 cm³/mol. The summed E-state index contributed by atoms with van der Waals surface area (Å²) in [5.74, 6) is -0.142. The van der Waals surface area contributed by atoms with Crippen molar-refractivity contribution >= 4 is 12.1 Å². The fourth-order valence-corrected chi connectivity index (χ4v) is 4.74. The molecule has 1 atom stereocenters. The van der Waals surface area contributed by atoms with Crippen molar-refractivity contribution in [2.75, 3.05) is 6.54 Å². The lowest BCUT2D eigenvalue weighted by Crippen LogP contribution is -2.41. The van der Waals surface area contributed by atoms with Crippen molar-refractivity contribution in [2.24, 2.45) is 5.10 Å². The molecular weight excluding hydrogens is 458 g/mol. The Morgan fingerprint density at radius 3 is 3.00 bits per heavy atom. The molecule has 0 spiro atoms. The molecule has 1 saturated carbocycles. The van der Waals surface area contributed by atoms with Gasteiger partial charge in [0, 0.05) is 31.1 Å². The van der Waals surface area contributed by atoms with Crippen LogP contribution in [-0.2, 0) is 6.42 Å². The number of carbonyl (C=O) groups is 1. The first kappa shape index (κ1) is 22.2. The van der Waals surface area contributed by atoms with E-state index in [2.05, 4.69) is 30.4 Å². The van der Waals surface area contributed by atoms with Gasteiger partial charge in [-0.05, 0) is 44.8 Å². The molecule has 11 nitrogen and oxygen atoms in total. The summed E-state index contributed by atoms with van der Waals surface area (Å²) in [6.07, 6.45) is 19.0. The summed E-state index contributed by atoms with van der Waals surface area (Å²) in [4.78, 5) is 22.9. The topological polar surface area (TPSA) is 121 Å². The molecule has 0 saturated heterocycles. The van der Waals surface area contributed by atoms with Crippen LogP contribution in [0.2, 0.25) is 0 Å². The van der Waals surface area contributed by atoms with E-state index in [1.165, 1.54) is 6.42 Å². The quantitative estimate of drug-likeness (QED) is 0.546. The lowest BCUT2D eigenvalue weighted by molar-refractivity contribution is 0.0672. The van der Waals surface area contributed by atoms with Crippen molar-refractivity contribution < 1.29 is 9.21 Å². The van der Waals surface area contributed by atoms with Crippen molar-refractivity contribution in [3.8, 4) is 11.5 Å². The number of rotatable bonds is 5. The minimum absolute atomic E-state index is 0.0652. The maximum absolute atomic E-state index is 13.5. The number of allylic oxidation sites excluding steroid dienone is 4. The molecule has 11 heteroatoms. The van der Waals surface area contributed by atoms with E-state index in [1.807, 2.05) is 49.2 Å². The van der Waals surface area contributed by atoms with Crippen molar-refractivity contribution in [3.63, 3.8) is 0 Å². The van der Waals surface area contributed by atoms with Crippen LogP contribution < -0.4 is 0 Å². The number of nitrogens with zero attached hydrogens (tertiary/aromatic N) is 8. The van der Waals surface area contributed by atoms with Crippen LogP contribution in [0.15, 0.2) is 63.9 Å². The molecule has 3 aromatic heterocycles. The SMILES string of the molecule is C/C=C1/C(C)=CC=CN1/N=C/[C@H]1c2nc[nH]c2CCN1C(=O)c1nnc(-c2cnn(C3CCC3)c2)o1. The molecular formula is C25H27N9O2. The Kier molecular flexibility index (Phi) is 5.59. The first-order chi connectivity index (χ1) is 17.6. The number of hydrogen-bond acceptors (Lipinski definition) is 8. The fourth-order valence-electron chi connectivity index (χ4n) is 4.74. The summed E-state index contributed by atoms with van der Waals surface area (Å²) in [6, 6.07) is -0.0572. The molecule has 1 aliphatic carbocycles. The van der Waals surface area contributed by atoms with Crippen molar-refractivity contribution in [1.29, 1.82) is 0 Å². The van der Waals surface area contributed by atoms with Crippen molar-refractivity contribution in [1.82, 2.24) is 39.9 Å². The highest BCUT2D eigenvalue weighted by Gasteiger charge is 2.35. The summed E-state index contributed by atoms with van der Waals surface area (Å²) in [5, 5.41) is 19.1. The van der Waals surface area contributed by atoms with Gasteiger partial charge < -0.3 is 14.3 Å². The Bertz CT molecular complexity index is 1400. The van der Waals surface area contributed by atoms with E-state index in [0.717, 1.165) is 35.5 Å². The van der Waals surface area contributed by atoms with Gasteiger partial charge in [-0.25, -0.2) is 9.99 Å². The van der Waals surface area contributed by atoms with E-state index in [9.17, 15) is 4.79 Å². The highest BCUT2D eigenvalue weighted by Crippen LogP contribution is 2.32. The molecule has 36 heavy (non-hydrogen) atoms. The molecule has 0 aromatic carbocycles. The summed E-state index contributed by atoms with van der Waals surface area (Å²) in [5.41, 5.74) is 4.54. The highest BCUT2D eigenvalue weighted by molar-refractivity contribution is 5.92. The molecule has 5 heterocycles. The zero-order valence-electron chi connectivity index (χ0n) is 20.2. The molecule has 3 aliphatic rings. The Morgan fingerprint density at radius 1 is 1.31 bits per heavy atom. The summed E-state index contributed by atoms with van der Waals surface area (Å²) in [7, 11) is 0. The summed E-state index contributed by atoms with van der Waals surface area (Å²) in [6.45, 7) is 4.47. The van der Waals surface area contributed by atoms with Crippen LogP contribution in [0.1, 0.15) is 67.3 Å². The Labute approximate surface area is 207 Å². The van der Waals surface area contributed by atoms with Crippen LogP contribution in [0, 0.1) is 0 Å². The zero-order chi connectivity index (χ0) is 24.6. The normalized spacial score (nSPS) is 21.2. The third kappa shape index (κ3) is 3.86. The second kappa shape index (κ2) is 9.06. The summed E-state index contributed by atoms with van der Waals surface area (Å²) >= 11 is 0. The van der Waals surface area contributed by atoms with Crippen LogP contribution in [-0.4, -0.2) is 58.5 Å². The number of hydrazone groups is 1. The van der Waals surface area contributed by atoms with Crippen molar-refractivity contribution in [3.05, 3.63) is 71.7 Å². The van der Waals surface area contributed by atoms with E-state index in [-0.39, 0.29) is 17.7 Å². The van der Waals surface area contributed by atoms with E-state index in [1.54, 1.807) is 28.6 Å². The highest BCUT2D eigenvalue weighted by atomic mass is 16.4. The van der Waals surface area contributed by atoms with Crippen molar-refractivity contribution in [2.45, 2.75) is 51.6 Å². The molecule has 0 radical (unpaired) electrons. The minimum Gasteiger partial charge on any atom is -0.412 e. The van der Waals surface area contributed by atoms with Crippen LogP contribution in [0.25, 0.3) is 11.5 Å². The number of nitrogens with one attached hydrogen (secondary N) is 1. The van der Waals surface area contributed by atoms with Gasteiger partial charge in [-0.15, -0.1) is 10.2 Å². The van der Waals surface area contributed by atoms with Gasteiger partial charge in [-0.1, -0.05) is 12.2 Å². The second-order valence-corrected chi connectivity index (χ2v) is 9.14. The van der Waals surface area contributed by atoms with Crippen LogP contribution in [0.3, 0.4) is 0 Å². The molecule has 6 rings (SSSR count). The van der Waals surface area contributed by atoms with Gasteiger partial charge in [0.1, 0.15) is 6.04 Å². The lowest BCUT2D eigenvalue weighted by Gasteiger charge is -2.32. The number of fused-ring (bicyclic) bond motifs is 1.